The van der Waals surface area contributed by atoms with Crippen LogP contribution in [0.3, 0.4) is 0 Å². The molecule has 2 aliphatic rings. The Hall–Kier alpha value is -0.0800. The minimum absolute atomic E-state index is 0.654. The third-order valence-electron chi connectivity index (χ3n) is 5.09. The van der Waals surface area contributed by atoms with Crippen molar-refractivity contribution in [2.75, 3.05) is 32.7 Å². The Balaban J connectivity index is 1.99. The minimum atomic E-state index is 0.654. The van der Waals surface area contributed by atoms with Crippen LogP contribution in [0.1, 0.15) is 40.5 Å². The van der Waals surface area contributed by atoms with Gasteiger partial charge in [0.2, 0.25) is 0 Å². The number of nitrogens with zero attached hydrogens (tertiary/aromatic N) is 2. The fraction of sp³-hybridized carbons (Fsp3) is 1.00. The molecule has 2 heteroatoms. The maximum Gasteiger partial charge on any atom is 0.00418 e. The summed E-state index contributed by atoms with van der Waals surface area (Å²) in [5, 5.41) is 0. The molecule has 0 amide bonds. The number of hydrogen-bond donors (Lipinski definition) is 0. The number of likely N-dealkylation sites (tertiary alicyclic amines) is 2. The van der Waals surface area contributed by atoms with Gasteiger partial charge in [0.05, 0.1) is 0 Å². The summed E-state index contributed by atoms with van der Waals surface area (Å²) in [6.07, 6.45) is 2.86. The molecular formula is C14H28N2. The monoisotopic (exact) mass is 224 g/mol. The van der Waals surface area contributed by atoms with Crippen molar-refractivity contribution in [3.05, 3.63) is 0 Å². The van der Waals surface area contributed by atoms with Gasteiger partial charge in [-0.1, -0.05) is 13.8 Å². The molecule has 2 saturated heterocycles. The van der Waals surface area contributed by atoms with Gasteiger partial charge >= 0.3 is 0 Å². The van der Waals surface area contributed by atoms with Gasteiger partial charge in [-0.15, -0.1) is 0 Å². The topological polar surface area (TPSA) is 6.48 Å². The van der Waals surface area contributed by atoms with E-state index < -0.39 is 0 Å². The highest BCUT2D eigenvalue weighted by Crippen LogP contribution is 2.44. The minimum Gasteiger partial charge on any atom is -0.303 e. The molecule has 0 saturated carbocycles. The molecule has 16 heavy (non-hydrogen) atoms. The summed E-state index contributed by atoms with van der Waals surface area (Å²) in [5.41, 5.74) is 0.654. The van der Waals surface area contributed by atoms with Crippen LogP contribution < -0.4 is 0 Å². The van der Waals surface area contributed by atoms with E-state index in [9.17, 15) is 0 Å². The van der Waals surface area contributed by atoms with Gasteiger partial charge in [-0.3, -0.25) is 0 Å². The molecule has 0 aromatic carbocycles. The molecule has 0 aromatic rings. The van der Waals surface area contributed by atoms with Gasteiger partial charge in [0.15, 0.2) is 0 Å². The Labute approximate surface area is 101 Å². The van der Waals surface area contributed by atoms with Crippen LogP contribution in [0.15, 0.2) is 0 Å². The first-order valence-corrected chi connectivity index (χ1v) is 7.04. The lowest BCUT2D eigenvalue weighted by Gasteiger charge is -2.46. The van der Waals surface area contributed by atoms with Gasteiger partial charge in [0.1, 0.15) is 0 Å². The van der Waals surface area contributed by atoms with Crippen molar-refractivity contribution in [2.45, 2.75) is 46.6 Å². The molecule has 1 spiro atoms. The van der Waals surface area contributed by atoms with E-state index in [0.717, 1.165) is 12.0 Å². The summed E-state index contributed by atoms with van der Waals surface area (Å²) in [5.74, 6) is 0.875. The molecule has 0 aromatic heterocycles. The van der Waals surface area contributed by atoms with Crippen LogP contribution in [0.25, 0.3) is 0 Å². The van der Waals surface area contributed by atoms with Crippen molar-refractivity contribution in [1.82, 2.24) is 9.80 Å². The molecular weight excluding hydrogens is 196 g/mol. The molecule has 2 fully saturated rings. The van der Waals surface area contributed by atoms with Crippen LogP contribution in [-0.2, 0) is 0 Å². The van der Waals surface area contributed by atoms with Crippen molar-refractivity contribution in [1.29, 1.82) is 0 Å². The van der Waals surface area contributed by atoms with Gasteiger partial charge in [-0.05, 0) is 57.7 Å². The third kappa shape index (κ3) is 2.14. The molecule has 2 nitrogen and oxygen atoms in total. The lowest BCUT2D eigenvalue weighted by Crippen LogP contribution is -2.49. The van der Waals surface area contributed by atoms with Crippen molar-refractivity contribution in [3.8, 4) is 0 Å². The highest BCUT2D eigenvalue weighted by atomic mass is 15.2. The molecule has 0 bridgehead atoms. The van der Waals surface area contributed by atoms with Crippen LogP contribution in [0.2, 0.25) is 0 Å². The Kier molecular flexibility index (Phi) is 3.60. The van der Waals surface area contributed by atoms with Crippen LogP contribution >= 0.6 is 0 Å². The van der Waals surface area contributed by atoms with Gasteiger partial charge in [0, 0.05) is 19.1 Å². The molecule has 2 aliphatic heterocycles. The summed E-state index contributed by atoms with van der Waals surface area (Å²) >= 11 is 0. The first-order chi connectivity index (χ1) is 7.57. The summed E-state index contributed by atoms with van der Waals surface area (Å²) in [6, 6.07) is 0.725. The van der Waals surface area contributed by atoms with E-state index in [1.807, 2.05) is 0 Å². The van der Waals surface area contributed by atoms with Crippen molar-refractivity contribution in [3.63, 3.8) is 0 Å². The molecule has 2 unspecified atom stereocenters. The quantitative estimate of drug-likeness (QED) is 0.711. The van der Waals surface area contributed by atoms with Crippen LogP contribution in [0, 0.1) is 11.3 Å². The Morgan fingerprint density at radius 3 is 2.44 bits per heavy atom. The molecule has 94 valence electrons. The summed E-state index contributed by atoms with van der Waals surface area (Å²) in [6.45, 7) is 16.0. The van der Waals surface area contributed by atoms with Crippen LogP contribution in [-0.4, -0.2) is 48.6 Å². The number of hydrogen-bond acceptors (Lipinski definition) is 2. The van der Waals surface area contributed by atoms with Crippen molar-refractivity contribution >= 4 is 0 Å². The van der Waals surface area contributed by atoms with E-state index in [0.29, 0.717) is 5.41 Å². The average molecular weight is 224 g/mol. The first-order valence-electron chi connectivity index (χ1n) is 7.04. The predicted molar refractivity (Wildman–Crippen MR) is 69.7 cm³/mol. The second-order valence-corrected chi connectivity index (χ2v) is 6.22. The highest BCUT2D eigenvalue weighted by molar-refractivity contribution is 4.97. The van der Waals surface area contributed by atoms with E-state index >= 15 is 0 Å². The molecule has 0 aliphatic carbocycles. The van der Waals surface area contributed by atoms with Gasteiger partial charge in [0.25, 0.3) is 0 Å². The zero-order chi connectivity index (χ0) is 11.8. The first kappa shape index (κ1) is 12.4. The van der Waals surface area contributed by atoms with Gasteiger partial charge in [-0.2, -0.15) is 0 Å². The molecule has 2 heterocycles. The van der Waals surface area contributed by atoms with E-state index in [2.05, 4.69) is 37.5 Å². The maximum atomic E-state index is 2.66. The third-order valence-corrected chi connectivity index (χ3v) is 5.09. The smallest absolute Gasteiger partial charge is 0.00418 e. The fourth-order valence-corrected chi connectivity index (χ4v) is 3.58. The standard InChI is InChI=1S/C14H28N2/c1-5-15-8-6-14(11-15)7-9-16(12(2)3)10-13(14)4/h12-13H,5-11H2,1-4H3. The SMILES string of the molecule is CCN1CCC2(CCN(C(C)C)CC2C)C1. The van der Waals surface area contributed by atoms with Crippen LogP contribution in [0.5, 0.6) is 0 Å². The number of piperidine rings is 1. The predicted octanol–water partition coefficient (Wildman–Crippen LogP) is 2.45. The van der Waals surface area contributed by atoms with Gasteiger partial charge < -0.3 is 9.80 Å². The van der Waals surface area contributed by atoms with E-state index in [1.54, 1.807) is 0 Å². The number of rotatable bonds is 2. The van der Waals surface area contributed by atoms with Crippen molar-refractivity contribution < 1.29 is 0 Å². The zero-order valence-corrected chi connectivity index (χ0v) is 11.5. The Morgan fingerprint density at radius 1 is 1.25 bits per heavy atom. The van der Waals surface area contributed by atoms with Crippen LogP contribution in [0.4, 0.5) is 0 Å². The fourth-order valence-electron chi connectivity index (χ4n) is 3.58. The van der Waals surface area contributed by atoms with Gasteiger partial charge in [-0.25, -0.2) is 0 Å². The normalized spacial score (nSPS) is 37.7. The Morgan fingerprint density at radius 2 is 1.94 bits per heavy atom. The molecule has 2 atom stereocenters. The summed E-state index contributed by atoms with van der Waals surface area (Å²) in [7, 11) is 0. The van der Waals surface area contributed by atoms with E-state index in [4.69, 9.17) is 0 Å². The van der Waals surface area contributed by atoms with Crippen molar-refractivity contribution in [2.24, 2.45) is 11.3 Å². The van der Waals surface area contributed by atoms with E-state index in [-0.39, 0.29) is 0 Å². The second-order valence-electron chi connectivity index (χ2n) is 6.22. The second kappa shape index (κ2) is 4.66. The molecule has 2 rings (SSSR count). The largest absolute Gasteiger partial charge is 0.303 e. The lowest BCUT2D eigenvalue weighted by molar-refractivity contribution is 0.0332. The molecule has 0 radical (unpaired) electrons. The average Bonchev–Trinajstić information content (AvgIpc) is 2.67. The Bertz CT molecular complexity index is 239. The van der Waals surface area contributed by atoms with E-state index in [1.165, 1.54) is 45.6 Å². The summed E-state index contributed by atoms with van der Waals surface area (Å²) in [4.78, 5) is 5.30. The summed E-state index contributed by atoms with van der Waals surface area (Å²) < 4.78 is 0. The zero-order valence-electron chi connectivity index (χ0n) is 11.5. The maximum absolute atomic E-state index is 2.66. The highest BCUT2D eigenvalue weighted by Gasteiger charge is 2.44. The lowest BCUT2D eigenvalue weighted by atomic mass is 9.70. The molecule has 0 N–H and O–H groups in total.